The van der Waals surface area contributed by atoms with Gasteiger partial charge in [-0.1, -0.05) is 28.1 Å². The Morgan fingerprint density at radius 1 is 1.15 bits per heavy atom. The smallest absolute Gasteiger partial charge is 0.138 e. The molecule has 0 bridgehead atoms. The summed E-state index contributed by atoms with van der Waals surface area (Å²) in [7, 11) is 0. The molecule has 0 fully saturated rings. The zero-order chi connectivity index (χ0) is 14.7. The molecule has 0 aliphatic heterocycles. The Morgan fingerprint density at radius 3 is 2.35 bits per heavy atom. The Bertz CT molecular complexity index is 584. The number of benzene rings is 2. The number of ether oxygens (including phenoxy) is 1. The van der Waals surface area contributed by atoms with Crippen molar-refractivity contribution in [2.75, 3.05) is 0 Å². The summed E-state index contributed by atoms with van der Waals surface area (Å²) in [5, 5.41) is 0. The second kappa shape index (κ2) is 6.37. The van der Waals surface area contributed by atoms with Crippen LogP contribution in [0.25, 0.3) is 0 Å². The van der Waals surface area contributed by atoms with Crippen LogP contribution in [0.2, 0.25) is 0 Å². The number of rotatable bonds is 4. The van der Waals surface area contributed by atoms with Gasteiger partial charge in [0.05, 0.1) is 0 Å². The molecule has 2 nitrogen and oxygen atoms in total. The first-order chi connectivity index (χ1) is 9.47. The molecule has 2 N–H and O–H groups in total. The maximum atomic E-state index is 13.0. The van der Waals surface area contributed by atoms with Crippen molar-refractivity contribution in [1.29, 1.82) is 0 Å². The van der Waals surface area contributed by atoms with Crippen LogP contribution >= 0.6 is 15.9 Å². The van der Waals surface area contributed by atoms with Crippen LogP contribution in [-0.4, -0.2) is 6.04 Å². The minimum Gasteiger partial charge on any atom is -0.484 e. The van der Waals surface area contributed by atoms with E-state index in [9.17, 15) is 4.39 Å². The lowest BCUT2D eigenvalue weighted by atomic mass is 10.0. The summed E-state index contributed by atoms with van der Waals surface area (Å²) in [5.41, 5.74) is 7.95. The summed E-state index contributed by atoms with van der Waals surface area (Å²) >= 11 is 3.46. The number of hydrogen-bond acceptors (Lipinski definition) is 2. The van der Waals surface area contributed by atoms with Crippen molar-refractivity contribution in [1.82, 2.24) is 0 Å². The first kappa shape index (κ1) is 15.0. The fraction of sp³-hybridized carbons (Fsp3) is 0.250. The van der Waals surface area contributed by atoms with Gasteiger partial charge in [-0.15, -0.1) is 0 Å². The number of halogens is 2. The van der Waals surface area contributed by atoms with Gasteiger partial charge in [0, 0.05) is 10.5 Å². The zero-order valence-electron chi connectivity index (χ0n) is 11.4. The molecule has 0 aliphatic carbocycles. The van der Waals surface area contributed by atoms with Crippen LogP contribution in [0.5, 0.6) is 5.75 Å². The van der Waals surface area contributed by atoms with Crippen LogP contribution in [0.4, 0.5) is 4.39 Å². The highest BCUT2D eigenvalue weighted by Crippen LogP contribution is 2.27. The molecule has 0 saturated carbocycles. The normalized spacial score (nSPS) is 13.8. The van der Waals surface area contributed by atoms with E-state index in [0.717, 1.165) is 21.3 Å². The highest BCUT2D eigenvalue weighted by atomic mass is 79.9. The van der Waals surface area contributed by atoms with Crippen LogP contribution < -0.4 is 10.5 Å². The molecule has 2 atom stereocenters. The average Bonchev–Trinajstić information content (AvgIpc) is 2.41. The van der Waals surface area contributed by atoms with Crippen molar-refractivity contribution < 1.29 is 9.13 Å². The fourth-order valence-electron chi connectivity index (χ4n) is 1.97. The van der Waals surface area contributed by atoms with Crippen molar-refractivity contribution in [3.63, 3.8) is 0 Å². The molecule has 106 valence electrons. The van der Waals surface area contributed by atoms with Gasteiger partial charge in [-0.05, 0) is 55.3 Å². The minimum atomic E-state index is -0.309. The summed E-state index contributed by atoms with van der Waals surface area (Å²) in [6.45, 7) is 3.87. The molecule has 2 aromatic rings. The average molecular weight is 338 g/mol. The molecule has 4 heteroatoms. The number of nitrogens with two attached hydrogens (primary N) is 1. The van der Waals surface area contributed by atoms with Crippen LogP contribution in [0.1, 0.15) is 24.2 Å². The zero-order valence-corrected chi connectivity index (χ0v) is 13.0. The van der Waals surface area contributed by atoms with Gasteiger partial charge >= 0.3 is 0 Å². The van der Waals surface area contributed by atoms with E-state index in [1.54, 1.807) is 12.1 Å². The third-order valence-corrected chi connectivity index (χ3v) is 3.96. The SMILES string of the molecule is Cc1cc(OC(c2ccc(F)cc2)C(C)N)ccc1Br. The monoisotopic (exact) mass is 337 g/mol. The summed E-state index contributed by atoms with van der Waals surface area (Å²) < 4.78 is 20.0. The molecular weight excluding hydrogens is 321 g/mol. The summed E-state index contributed by atoms with van der Waals surface area (Å²) in [5.74, 6) is 0.481. The maximum Gasteiger partial charge on any atom is 0.138 e. The predicted molar refractivity (Wildman–Crippen MR) is 82.3 cm³/mol. The highest BCUT2D eigenvalue weighted by Gasteiger charge is 2.18. The van der Waals surface area contributed by atoms with E-state index >= 15 is 0 Å². The van der Waals surface area contributed by atoms with E-state index in [-0.39, 0.29) is 18.0 Å². The fourth-order valence-corrected chi connectivity index (χ4v) is 2.22. The Balaban J connectivity index is 2.25. The maximum absolute atomic E-state index is 13.0. The van der Waals surface area contributed by atoms with Gasteiger partial charge in [-0.25, -0.2) is 4.39 Å². The summed E-state index contributed by atoms with van der Waals surface area (Å²) in [6, 6.07) is 11.8. The predicted octanol–water partition coefficient (Wildman–Crippen LogP) is 4.36. The molecule has 20 heavy (non-hydrogen) atoms. The molecule has 0 aromatic heterocycles. The second-order valence-corrected chi connectivity index (χ2v) is 5.71. The molecule has 0 aliphatic rings. The minimum absolute atomic E-state index is 0.204. The molecule has 2 aromatic carbocycles. The summed E-state index contributed by atoms with van der Waals surface area (Å²) in [4.78, 5) is 0. The van der Waals surface area contributed by atoms with Crippen molar-refractivity contribution in [3.05, 3.63) is 63.9 Å². The molecule has 0 amide bonds. The highest BCUT2D eigenvalue weighted by molar-refractivity contribution is 9.10. The van der Waals surface area contributed by atoms with E-state index in [2.05, 4.69) is 15.9 Å². The van der Waals surface area contributed by atoms with Crippen LogP contribution in [0.15, 0.2) is 46.9 Å². The molecular formula is C16H17BrFNO. The van der Waals surface area contributed by atoms with E-state index in [4.69, 9.17) is 10.5 Å². The van der Waals surface area contributed by atoms with Crippen LogP contribution in [-0.2, 0) is 0 Å². The standard InChI is InChI=1S/C16H17BrFNO/c1-10-9-14(7-8-15(10)17)20-16(11(2)19)12-3-5-13(18)6-4-12/h3-9,11,16H,19H2,1-2H3. The molecule has 2 unspecified atom stereocenters. The molecule has 0 heterocycles. The topological polar surface area (TPSA) is 35.2 Å². The summed E-state index contributed by atoms with van der Waals surface area (Å²) in [6.07, 6.45) is -0.309. The van der Waals surface area contributed by atoms with E-state index in [1.165, 1.54) is 12.1 Å². The number of hydrogen-bond donors (Lipinski definition) is 1. The van der Waals surface area contributed by atoms with Crippen molar-refractivity contribution in [2.45, 2.75) is 26.0 Å². The third-order valence-electron chi connectivity index (χ3n) is 3.07. The molecule has 0 radical (unpaired) electrons. The Kier molecular flexibility index (Phi) is 4.78. The lowest BCUT2D eigenvalue weighted by Gasteiger charge is -2.23. The van der Waals surface area contributed by atoms with Crippen molar-refractivity contribution in [2.24, 2.45) is 5.73 Å². The van der Waals surface area contributed by atoms with Gasteiger partial charge in [0.25, 0.3) is 0 Å². The Morgan fingerprint density at radius 2 is 1.80 bits per heavy atom. The largest absolute Gasteiger partial charge is 0.484 e. The van der Waals surface area contributed by atoms with E-state index in [1.807, 2.05) is 32.0 Å². The van der Waals surface area contributed by atoms with Crippen molar-refractivity contribution in [3.8, 4) is 5.75 Å². The van der Waals surface area contributed by atoms with Gasteiger partial charge < -0.3 is 10.5 Å². The van der Waals surface area contributed by atoms with Gasteiger partial charge in [0.2, 0.25) is 0 Å². The van der Waals surface area contributed by atoms with Gasteiger partial charge in [-0.3, -0.25) is 0 Å². The Hall–Kier alpha value is -1.39. The van der Waals surface area contributed by atoms with E-state index in [0.29, 0.717) is 0 Å². The van der Waals surface area contributed by atoms with Crippen LogP contribution in [0.3, 0.4) is 0 Å². The Labute approximate surface area is 126 Å². The molecule has 0 saturated heterocycles. The van der Waals surface area contributed by atoms with Gasteiger partial charge in [0.1, 0.15) is 17.7 Å². The molecule has 2 rings (SSSR count). The van der Waals surface area contributed by atoms with E-state index < -0.39 is 0 Å². The molecule has 0 spiro atoms. The number of aryl methyl sites for hydroxylation is 1. The first-order valence-electron chi connectivity index (χ1n) is 6.41. The second-order valence-electron chi connectivity index (χ2n) is 4.86. The lowest BCUT2D eigenvalue weighted by Crippen LogP contribution is -2.29. The van der Waals surface area contributed by atoms with Gasteiger partial charge in [0.15, 0.2) is 0 Å². The van der Waals surface area contributed by atoms with Crippen molar-refractivity contribution >= 4 is 15.9 Å². The first-order valence-corrected chi connectivity index (χ1v) is 7.20. The lowest BCUT2D eigenvalue weighted by molar-refractivity contribution is 0.180. The quantitative estimate of drug-likeness (QED) is 0.899. The van der Waals surface area contributed by atoms with Gasteiger partial charge in [-0.2, -0.15) is 0 Å². The third kappa shape index (κ3) is 3.58. The van der Waals surface area contributed by atoms with Crippen LogP contribution in [0, 0.1) is 12.7 Å².